The number of nitrogens with zero attached hydrogens (tertiary/aromatic N) is 3. The molecule has 0 unspecified atom stereocenters. The molecule has 2 aliphatic heterocycles. The van der Waals surface area contributed by atoms with Crippen molar-refractivity contribution in [1.29, 1.82) is 0 Å². The molecule has 2 aliphatic rings. The average Bonchev–Trinajstić information content (AvgIpc) is 2.70. The van der Waals surface area contributed by atoms with Gasteiger partial charge in [-0.15, -0.1) is 0 Å². The Kier molecular flexibility index (Phi) is 6.05. The first-order chi connectivity index (χ1) is 13.3. The molecule has 0 saturated carbocycles. The molecule has 0 amide bonds. The van der Waals surface area contributed by atoms with Gasteiger partial charge in [0.2, 0.25) is 5.88 Å². The molecule has 4 rings (SSSR count). The fourth-order valence-corrected chi connectivity index (χ4v) is 4.43. The third kappa shape index (κ3) is 5.08. The third-order valence-corrected chi connectivity index (χ3v) is 5.87. The number of benzene rings is 1. The second-order valence-electron chi connectivity index (χ2n) is 7.99. The van der Waals surface area contributed by atoms with Crippen molar-refractivity contribution >= 4 is 0 Å². The van der Waals surface area contributed by atoms with Crippen LogP contribution in [0.3, 0.4) is 0 Å². The van der Waals surface area contributed by atoms with E-state index in [4.69, 9.17) is 4.74 Å². The van der Waals surface area contributed by atoms with Crippen molar-refractivity contribution in [3.8, 4) is 5.88 Å². The minimum atomic E-state index is 0.305. The maximum Gasteiger partial charge on any atom is 0.213 e. The van der Waals surface area contributed by atoms with Crippen LogP contribution < -0.4 is 4.74 Å². The Morgan fingerprint density at radius 2 is 1.78 bits per heavy atom. The van der Waals surface area contributed by atoms with Gasteiger partial charge in [0, 0.05) is 44.0 Å². The van der Waals surface area contributed by atoms with Crippen LogP contribution in [0.25, 0.3) is 0 Å². The lowest BCUT2D eigenvalue weighted by Crippen LogP contribution is -2.51. The lowest BCUT2D eigenvalue weighted by molar-refractivity contribution is 0.0396. The first kappa shape index (κ1) is 18.5. The summed E-state index contributed by atoms with van der Waals surface area (Å²) in [5, 5.41) is 0. The quantitative estimate of drug-likeness (QED) is 0.803. The number of pyridine rings is 1. The molecule has 0 aliphatic carbocycles. The van der Waals surface area contributed by atoms with Crippen molar-refractivity contribution in [3.63, 3.8) is 0 Å². The Balaban J connectivity index is 1.26. The first-order valence-electron chi connectivity index (χ1n) is 10.4. The summed E-state index contributed by atoms with van der Waals surface area (Å²) < 4.78 is 6.12. The molecule has 2 saturated heterocycles. The van der Waals surface area contributed by atoms with Gasteiger partial charge >= 0.3 is 0 Å². The minimum absolute atomic E-state index is 0.305. The van der Waals surface area contributed by atoms with Gasteiger partial charge in [0.05, 0.1) is 0 Å². The van der Waals surface area contributed by atoms with Crippen LogP contribution in [0, 0.1) is 6.92 Å². The zero-order valence-corrected chi connectivity index (χ0v) is 16.4. The molecule has 2 fully saturated rings. The molecule has 27 heavy (non-hydrogen) atoms. The highest BCUT2D eigenvalue weighted by atomic mass is 16.5. The maximum atomic E-state index is 6.12. The van der Waals surface area contributed by atoms with E-state index in [-0.39, 0.29) is 0 Å². The average molecular weight is 366 g/mol. The number of piperidine rings is 2. The van der Waals surface area contributed by atoms with Gasteiger partial charge in [0.15, 0.2) is 0 Å². The molecule has 4 heteroatoms. The Labute approximate surface area is 163 Å². The number of aromatic nitrogens is 1. The number of rotatable bonds is 5. The molecule has 3 heterocycles. The molecule has 0 radical (unpaired) electrons. The summed E-state index contributed by atoms with van der Waals surface area (Å²) in [5.74, 6) is 0.778. The maximum absolute atomic E-state index is 6.12. The molecule has 0 spiro atoms. The van der Waals surface area contributed by atoms with E-state index in [9.17, 15) is 0 Å². The summed E-state index contributed by atoms with van der Waals surface area (Å²) in [5.41, 5.74) is 2.45. The van der Waals surface area contributed by atoms with E-state index in [1.807, 2.05) is 25.1 Å². The highest BCUT2D eigenvalue weighted by molar-refractivity contribution is 5.15. The molecular weight excluding hydrogens is 334 g/mol. The molecule has 144 valence electrons. The van der Waals surface area contributed by atoms with Gasteiger partial charge < -0.3 is 4.74 Å². The summed E-state index contributed by atoms with van der Waals surface area (Å²) >= 11 is 0. The predicted octanol–water partition coefficient (Wildman–Crippen LogP) is 3.90. The lowest BCUT2D eigenvalue weighted by atomic mass is 9.99. The minimum Gasteiger partial charge on any atom is -0.474 e. The molecule has 4 nitrogen and oxygen atoms in total. The molecule has 0 N–H and O–H groups in total. The van der Waals surface area contributed by atoms with Gasteiger partial charge in [-0.2, -0.15) is 0 Å². The van der Waals surface area contributed by atoms with Gasteiger partial charge in [-0.05, 0) is 50.8 Å². The second kappa shape index (κ2) is 8.85. The zero-order valence-electron chi connectivity index (χ0n) is 16.4. The fourth-order valence-electron chi connectivity index (χ4n) is 4.43. The van der Waals surface area contributed by atoms with Crippen LogP contribution in [0.2, 0.25) is 0 Å². The smallest absolute Gasteiger partial charge is 0.213 e. The molecule has 2 aromatic rings. The Hall–Kier alpha value is -1.91. The number of aryl methyl sites for hydroxylation is 1. The van der Waals surface area contributed by atoms with E-state index >= 15 is 0 Å². The van der Waals surface area contributed by atoms with E-state index in [2.05, 4.69) is 45.1 Å². The van der Waals surface area contributed by atoms with Crippen molar-refractivity contribution in [1.82, 2.24) is 14.8 Å². The number of hydrogen-bond acceptors (Lipinski definition) is 4. The van der Waals surface area contributed by atoms with Gasteiger partial charge in [-0.3, -0.25) is 9.80 Å². The van der Waals surface area contributed by atoms with Crippen LogP contribution in [-0.4, -0.2) is 53.1 Å². The molecular formula is C23H31N3O. The molecule has 0 bridgehead atoms. The Bertz CT molecular complexity index is 713. The number of hydrogen-bond donors (Lipinski definition) is 0. The van der Waals surface area contributed by atoms with E-state index in [1.165, 1.54) is 31.5 Å². The summed E-state index contributed by atoms with van der Waals surface area (Å²) in [6.07, 6.45) is 5.15. The lowest BCUT2D eigenvalue weighted by Gasteiger charge is -2.42. The van der Waals surface area contributed by atoms with Crippen LogP contribution in [-0.2, 0) is 6.54 Å². The van der Waals surface area contributed by atoms with Crippen LogP contribution in [0.5, 0.6) is 5.88 Å². The summed E-state index contributed by atoms with van der Waals surface area (Å²) in [7, 11) is 0. The van der Waals surface area contributed by atoms with E-state index in [0.717, 1.165) is 44.0 Å². The zero-order chi connectivity index (χ0) is 18.5. The predicted molar refractivity (Wildman–Crippen MR) is 109 cm³/mol. The summed E-state index contributed by atoms with van der Waals surface area (Å²) in [6.45, 7) is 7.79. The van der Waals surface area contributed by atoms with E-state index in [0.29, 0.717) is 12.1 Å². The summed E-state index contributed by atoms with van der Waals surface area (Å²) in [6, 6.07) is 17.6. The van der Waals surface area contributed by atoms with Gasteiger partial charge in [0.1, 0.15) is 6.10 Å². The second-order valence-corrected chi connectivity index (χ2v) is 7.99. The van der Waals surface area contributed by atoms with Crippen LogP contribution in [0.15, 0.2) is 48.5 Å². The third-order valence-electron chi connectivity index (χ3n) is 5.87. The largest absolute Gasteiger partial charge is 0.474 e. The normalized spacial score (nSPS) is 22.6. The van der Waals surface area contributed by atoms with Crippen molar-refractivity contribution in [2.24, 2.45) is 0 Å². The van der Waals surface area contributed by atoms with Gasteiger partial charge in [-0.1, -0.05) is 36.4 Å². The van der Waals surface area contributed by atoms with Crippen molar-refractivity contribution in [2.75, 3.05) is 26.2 Å². The topological polar surface area (TPSA) is 28.6 Å². The standard InChI is InChI=1S/C23H31N3O/c1-19-7-5-11-23(24-19)27-22-12-15-26(16-13-22)21-10-6-14-25(18-21)17-20-8-3-2-4-9-20/h2-5,7-9,11,21-22H,6,10,12-18H2,1H3/t21-/m1/s1. The highest BCUT2D eigenvalue weighted by Gasteiger charge is 2.29. The number of ether oxygens (including phenoxy) is 1. The monoisotopic (exact) mass is 365 g/mol. The fraction of sp³-hybridized carbons (Fsp3) is 0.522. The van der Waals surface area contributed by atoms with Gasteiger partial charge in [0.25, 0.3) is 0 Å². The number of likely N-dealkylation sites (tertiary alicyclic amines) is 2. The summed E-state index contributed by atoms with van der Waals surface area (Å²) in [4.78, 5) is 9.81. The van der Waals surface area contributed by atoms with Crippen molar-refractivity contribution < 1.29 is 4.74 Å². The molecule has 1 aromatic heterocycles. The van der Waals surface area contributed by atoms with Crippen LogP contribution >= 0.6 is 0 Å². The molecule has 1 atom stereocenters. The van der Waals surface area contributed by atoms with Crippen molar-refractivity contribution in [3.05, 3.63) is 59.8 Å². The van der Waals surface area contributed by atoms with Crippen LogP contribution in [0.4, 0.5) is 0 Å². The van der Waals surface area contributed by atoms with Crippen molar-refractivity contribution in [2.45, 2.75) is 51.3 Å². The highest BCUT2D eigenvalue weighted by Crippen LogP contribution is 2.23. The van der Waals surface area contributed by atoms with E-state index in [1.54, 1.807) is 0 Å². The Morgan fingerprint density at radius 1 is 0.963 bits per heavy atom. The van der Waals surface area contributed by atoms with E-state index < -0.39 is 0 Å². The first-order valence-corrected chi connectivity index (χ1v) is 10.4. The SMILES string of the molecule is Cc1cccc(OC2CCN([C@@H]3CCCN(Cc4ccccc4)C3)CC2)n1. The van der Waals surface area contributed by atoms with Gasteiger partial charge in [-0.25, -0.2) is 4.98 Å². The Morgan fingerprint density at radius 3 is 2.56 bits per heavy atom. The van der Waals surface area contributed by atoms with Crippen LogP contribution in [0.1, 0.15) is 36.9 Å². The molecule has 1 aromatic carbocycles.